The molecule has 0 atom stereocenters. The van der Waals surface area contributed by atoms with Crippen molar-refractivity contribution in [2.24, 2.45) is 0 Å². The van der Waals surface area contributed by atoms with E-state index in [1.54, 1.807) is 23.9 Å². The van der Waals surface area contributed by atoms with E-state index in [4.69, 9.17) is 11.6 Å². The highest BCUT2D eigenvalue weighted by Crippen LogP contribution is 2.20. The second-order valence-corrected chi connectivity index (χ2v) is 7.44. The Bertz CT molecular complexity index is 521. The Morgan fingerprint density at radius 2 is 2.10 bits per heavy atom. The number of benzene rings is 1. The summed E-state index contributed by atoms with van der Waals surface area (Å²) >= 11 is 7.77. The average molecular weight is 337 g/mol. The van der Waals surface area contributed by atoms with Gasteiger partial charge < -0.3 is 5.32 Å². The molecule has 7 heteroatoms. The summed E-state index contributed by atoms with van der Waals surface area (Å²) in [7, 11) is -3.45. The molecule has 1 aromatic rings. The smallest absolute Gasteiger partial charge is 0.240 e. The zero-order chi connectivity index (χ0) is 15.0. The standard InChI is InChI=1S/C13H21ClN2O2S2/c1-3-15-10-11-9-12(5-6-13(11)14)20(17,18)16-7-4-8-19-2/h5-6,9,15-16H,3-4,7-8,10H2,1-2H3. The van der Waals surface area contributed by atoms with Crippen molar-refractivity contribution < 1.29 is 8.42 Å². The molecule has 4 nitrogen and oxygen atoms in total. The zero-order valence-electron chi connectivity index (χ0n) is 11.8. The van der Waals surface area contributed by atoms with E-state index >= 15 is 0 Å². The molecule has 1 rings (SSSR count). The summed E-state index contributed by atoms with van der Waals surface area (Å²) < 4.78 is 26.9. The fourth-order valence-corrected chi connectivity index (χ4v) is 3.36. The highest BCUT2D eigenvalue weighted by atomic mass is 35.5. The second-order valence-electron chi connectivity index (χ2n) is 4.28. The maximum absolute atomic E-state index is 12.2. The minimum Gasteiger partial charge on any atom is -0.313 e. The molecule has 114 valence electrons. The molecule has 0 saturated heterocycles. The van der Waals surface area contributed by atoms with E-state index in [1.807, 2.05) is 13.2 Å². The Balaban J connectivity index is 2.78. The molecule has 0 bridgehead atoms. The largest absolute Gasteiger partial charge is 0.313 e. The van der Waals surface area contributed by atoms with Crippen molar-refractivity contribution in [2.45, 2.75) is 24.8 Å². The van der Waals surface area contributed by atoms with Crippen LogP contribution in [0.4, 0.5) is 0 Å². The van der Waals surface area contributed by atoms with Gasteiger partial charge in [-0.2, -0.15) is 11.8 Å². The van der Waals surface area contributed by atoms with Crippen molar-refractivity contribution >= 4 is 33.4 Å². The number of sulfonamides is 1. The fourth-order valence-electron chi connectivity index (χ4n) is 1.62. The van der Waals surface area contributed by atoms with Crippen LogP contribution in [0.25, 0.3) is 0 Å². The Kier molecular flexibility index (Phi) is 7.91. The second kappa shape index (κ2) is 8.89. The minimum absolute atomic E-state index is 0.263. The molecule has 0 spiro atoms. The maximum atomic E-state index is 12.2. The lowest BCUT2D eigenvalue weighted by atomic mass is 10.2. The zero-order valence-corrected chi connectivity index (χ0v) is 14.2. The molecule has 0 radical (unpaired) electrons. The van der Waals surface area contributed by atoms with Gasteiger partial charge in [-0.15, -0.1) is 0 Å². The normalized spacial score (nSPS) is 11.8. The first-order valence-corrected chi connectivity index (χ1v) is 9.74. The van der Waals surface area contributed by atoms with Crippen molar-refractivity contribution in [3.05, 3.63) is 28.8 Å². The Hall–Kier alpha value is -0.270. The number of nitrogens with one attached hydrogen (secondary N) is 2. The number of hydrogen-bond donors (Lipinski definition) is 2. The molecule has 0 amide bonds. The molecule has 0 heterocycles. The molecular weight excluding hydrogens is 316 g/mol. The van der Waals surface area contributed by atoms with Crippen LogP contribution in [0.5, 0.6) is 0 Å². The van der Waals surface area contributed by atoms with E-state index < -0.39 is 10.0 Å². The molecule has 0 aliphatic carbocycles. The first-order valence-electron chi connectivity index (χ1n) is 6.49. The predicted octanol–water partition coefficient (Wildman–Crippen LogP) is 2.48. The van der Waals surface area contributed by atoms with Crippen LogP contribution in [0.1, 0.15) is 18.9 Å². The SMILES string of the molecule is CCNCc1cc(S(=O)(=O)NCCCSC)ccc1Cl. The minimum atomic E-state index is -3.45. The van der Waals surface area contributed by atoms with Crippen molar-refractivity contribution in [3.63, 3.8) is 0 Å². The molecule has 0 fully saturated rings. The van der Waals surface area contributed by atoms with Crippen LogP contribution in [-0.4, -0.2) is 33.5 Å². The monoisotopic (exact) mass is 336 g/mol. The third-order valence-electron chi connectivity index (χ3n) is 2.71. The highest BCUT2D eigenvalue weighted by molar-refractivity contribution is 7.98. The summed E-state index contributed by atoms with van der Waals surface area (Å²) in [5.74, 6) is 0.939. The van der Waals surface area contributed by atoms with Gasteiger partial charge >= 0.3 is 0 Å². The lowest BCUT2D eigenvalue weighted by Gasteiger charge is -2.10. The third-order valence-corrected chi connectivity index (χ3v) is 5.23. The van der Waals surface area contributed by atoms with E-state index in [2.05, 4.69) is 10.0 Å². The summed E-state index contributed by atoms with van der Waals surface area (Å²) in [5, 5.41) is 3.72. The van der Waals surface area contributed by atoms with E-state index in [-0.39, 0.29) is 4.90 Å². The third kappa shape index (κ3) is 5.61. The van der Waals surface area contributed by atoms with Gasteiger partial charge in [0.2, 0.25) is 10.0 Å². The Morgan fingerprint density at radius 3 is 2.75 bits per heavy atom. The van der Waals surface area contributed by atoms with Gasteiger partial charge in [-0.05, 0) is 48.7 Å². The van der Waals surface area contributed by atoms with Crippen molar-refractivity contribution in [3.8, 4) is 0 Å². The average Bonchev–Trinajstić information content (AvgIpc) is 2.42. The number of halogens is 1. The quantitative estimate of drug-likeness (QED) is 0.680. The van der Waals surface area contributed by atoms with Crippen LogP contribution < -0.4 is 10.0 Å². The summed E-state index contributed by atoms with van der Waals surface area (Å²) in [6.07, 6.45) is 2.82. The van der Waals surface area contributed by atoms with E-state index in [1.165, 1.54) is 6.07 Å². The van der Waals surface area contributed by atoms with Gasteiger partial charge in [0.1, 0.15) is 0 Å². The van der Waals surface area contributed by atoms with Crippen LogP contribution >= 0.6 is 23.4 Å². The number of hydrogen-bond acceptors (Lipinski definition) is 4. The van der Waals surface area contributed by atoms with Crippen LogP contribution in [0.3, 0.4) is 0 Å². The van der Waals surface area contributed by atoms with Crippen molar-refractivity contribution in [1.29, 1.82) is 0 Å². The lowest BCUT2D eigenvalue weighted by Crippen LogP contribution is -2.25. The molecule has 2 N–H and O–H groups in total. The summed E-state index contributed by atoms with van der Waals surface area (Å²) in [6.45, 7) is 3.81. The van der Waals surface area contributed by atoms with E-state index in [0.29, 0.717) is 18.1 Å². The van der Waals surface area contributed by atoms with Gasteiger partial charge in [-0.25, -0.2) is 13.1 Å². The molecule has 20 heavy (non-hydrogen) atoms. The predicted molar refractivity (Wildman–Crippen MR) is 87.0 cm³/mol. The molecular formula is C13H21ClN2O2S2. The first-order chi connectivity index (χ1) is 9.51. The molecule has 0 aliphatic rings. The number of rotatable bonds is 9. The van der Waals surface area contributed by atoms with Gasteiger partial charge in [-0.1, -0.05) is 18.5 Å². The van der Waals surface area contributed by atoms with Gasteiger partial charge in [0.15, 0.2) is 0 Å². The van der Waals surface area contributed by atoms with Crippen LogP contribution in [0, 0.1) is 0 Å². The van der Waals surface area contributed by atoms with Crippen LogP contribution in [0.2, 0.25) is 5.02 Å². The maximum Gasteiger partial charge on any atom is 0.240 e. The molecule has 0 unspecified atom stereocenters. The van der Waals surface area contributed by atoms with Gasteiger partial charge in [-0.3, -0.25) is 0 Å². The first kappa shape index (κ1) is 17.8. The topological polar surface area (TPSA) is 58.2 Å². The molecule has 0 aliphatic heterocycles. The Morgan fingerprint density at radius 1 is 1.35 bits per heavy atom. The summed E-state index contributed by atoms with van der Waals surface area (Å²) in [6, 6.07) is 4.79. The van der Waals surface area contributed by atoms with E-state index in [9.17, 15) is 8.42 Å². The van der Waals surface area contributed by atoms with Gasteiger partial charge in [0.05, 0.1) is 4.90 Å². The molecule has 1 aromatic carbocycles. The van der Waals surface area contributed by atoms with Gasteiger partial charge in [0, 0.05) is 18.1 Å². The van der Waals surface area contributed by atoms with Crippen LogP contribution in [0.15, 0.2) is 23.1 Å². The highest BCUT2D eigenvalue weighted by Gasteiger charge is 2.15. The van der Waals surface area contributed by atoms with Crippen LogP contribution in [-0.2, 0) is 16.6 Å². The van der Waals surface area contributed by atoms with E-state index in [0.717, 1.165) is 24.3 Å². The summed E-state index contributed by atoms with van der Waals surface area (Å²) in [5.41, 5.74) is 0.792. The molecule has 0 aromatic heterocycles. The van der Waals surface area contributed by atoms with Crippen molar-refractivity contribution in [1.82, 2.24) is 10.0 Å². The van der Waals surface area contributed by atoms with Gasteiger partial charge in [0.25, 0.3) is 0 Å². The Labute approximate surface area is 130 Å². The molecule has 0 saturated carbocycles. The number of thioether (sulfide) groups is 1. The van der Waals surface area contributed by atoms with Crippen molar-refractivity contribution in [2.75, 3.05) is 25.1 Å². The lowest BCUT2D eigenvalue weighted by molar-refractivity contribution is 0.581. The summed E-state index contributed by atoms with van der Waals surface area (Å²) in [4.78, 5) is 0.263. The fraction of sp³-hybridized carbons (Fsp3) is 0.538.